The van der Waals surface area contributed by atoms with E-state index in [9.17, 15) is 0 Å². The molecule has 0 bridgehead atoms. The van der Waals surface area contributed by atoms with E-state index in [1.54, 1.807) is 6.07 Å². The van der Waals surface area contributed by atoms with Crippen LogP contribution in [0.4, 0.5) is 0 Å². The van der Waals surface area contributed by atoms with Gasteiger partial charge in [0.25, 0.3) is 0 Å². The summed E-state index contributed by atoms with van der Waals surface area (Å²) >= 11 is 2.10. The van der Waals surface area contributed by atoms with Crippen LogP contribution in [0.25, 0.3) is 11.3 Å². The van der Waals surface area contributed by atoms with Gasteiger partial charge in [-0.3, -0.25) is 0 Å². The molecule has 0 amide bonds. The molecule has 0 aliphatic carbocycles. The molecule has 0 saturated heterocycles. The van der Waals surface area contributed by atoms with E-state index < -0.39 is 0 Å². The first-order valence-corrected chi connectivity index (χ1v) is 7.44. The molecule has 0 aliphatic heterocycles. The summed E-state index contributed by atoms with van der Waals surface area (Å²) in [5, 5.41) is 12.1. The van der Waals surface area contributed by atoms with Crippen LogP contribution in [0.2, 0.25) is 0 Å². The molecule has 106 valence electrons. The Kier molecular flexibility index (Phi) is 4.14. The fourth-order valence-corrected chi connectivity index (χ4v) is 2.20. The number of hydrogen-bond acceptors (Lipinski definition) is 5. The molecule has 1 aromatic carbocycles. The van der Waals surface area contributed by atoms with Crippen molar-refractivity contribution in [3.63, 3.8) is 0 Å². The molecule has 2 aromatic heterocycles. The van der Waals surface area contributed by atoms with E-state index in [1.807, 2.05) is 43.3 Å². The number of benzene rings is 1. The highest BCUT2D eigenvalue weighted by atomic mass is 127. The molecule has 0 spiro atoms. The van der Waals surface area contributed by atoms with Gasteiger partial charge in [-0.05, 0) is 35.6 Å². The minimum absolute atomic E-state index is 0.342. The van der Waals surface area contributed by atoms with Crippen molar-refractivity contribution in [2.45, 2.75) is 13.5 Å². The highest BCUT2D eigenvalue weighted by Crippen LogP contribution is 2.26. The Bertz CT molecular complexity index is 726. The Hall–Kier alpha value is -1.96. The minimum Gasteiger partial charge on any atom is -0.472 e. The molecule has 3 aromatic rings. The maximum atomic E-state index is 5.67. The van der Waals surface area contributed by atoms with Crippen LogP contribution < -0.4 is 4.74 Å². The number of rotatable bonds is 4. The molecular weight excluding hydrogens is 381 g/mol. The number of nitrogens with zero attached hydrogens (tertiary/aromatic N) is 3. The van der Waals surface area contributed by atoms with Gasteiger partial charge in [-0.1, -0.05) is 35.5 Å². The summed E-state index contributed by atoms with van der Waals surface area (Å²) in [7, 11) is 0. The summed E-state index contributed by atoms with van der Waals surface area (Å²) in [6, 6.07) is 13.5. The van der Waals surface area contributed by atoms with Crippen LogP contribution in [-0.4, -0.2) is 15.4 Å². The number of hydrogen-bond donors (Lipinski definition) is 0. The van der Waals surface area contributed by atoms with Crippen LogP contribution in [-0.2, 0) is 6.61 Å². The Morgan fingerprint density at radius 1 is 1.10 bits per heavy atom. The first-order valence-electron chi connectivity index (χ1n) is 6.36. The van der Waals surface area contributed by atoms with Crippen LogP contribution in [0, 0.1) is 10.6 Å². The average molecular weight is 393 g/mol. The third-order valence-electron chi connectivity index (χ3n) is 3.00. The van der Waals surface area contributed by atoms with Crippen molar-refractivity contribution in [3.05, 3.63) is 57.5 Å². The van der Waals surface area contributed by atoms with Crippen molar-refractivity contribution >= 4 is 22.6 Å². The van der Waals surface area contributed by atoms with Gasteiger partial charge in [-0.2, -0.15) is 0 Å². The lowest BCUT2D eigenvalue weighted by atomic mass is 10.1. The van der Waals surface area contributed by atoms with Gasteiger partial charge in [0.15, 0.2) is 0 Å². The van der Waals surface area contributed by atoms with Gasteiger partial charge in [0.1, 0.15) is 21.8 Å². The summed E-state index contributed by atoms with van der Waals surface area (Å²) in [6.07, 6.45) is 0. The van der Waals surface area contributed by atoms with E-state index in [-0.39, 0.29) is 0 Å². The molecule has 2 heterocycles. The van der Waals surface area contributed by atoms with E-state index in [1.165, 1.54) is 0 Å². The predicted molar refractivity (Wildman–Crippen MR) is 85.8 cm³/mol. The average Bonchev–Trinajstić information content (AvgIpc) is 2.89. The van der Waals surface area contributed by atoms with Crippen LogP contribution in [0.3, 0.4) is 0 Å². The molecule has 6 heteroatoms. The number of halogens is 1. The Labute approximate surface area is 135 Å². The van der Waals surface area contributed by atoms with Gasteiger partial charge in [-0.15, -0.1) is 10.2 Å². The highest BCUT2D eigenvalue weighted by molar-refractivity contribution is 14.1. The Balaban J connectivity index is 1.82. The van der Waals surface area contributed by atoms with Gasteiger partial charge in [0.05, 0.1) is 5.56 Å². The van der Waals surface area contributed by atoms with Crippen molar-refractivity contribution < 1.29 is 9.26 Å². The zero-order valence-corrected chi connectivity index (χ0v) is 13.4. The van der Waals surface area contributed by atoms with Gasteiger partial charge in [0, 0.05) is 11.6 Å². The maximum absolute atomic E-state index is 5.67. The van der Waals surface area contributed by atoms with Crippen LogP contribution in [0.1, 0.15) is 11.3 Å². The van der Waals surface area contributed by atoms with Crippen molar-refractivity contribution in [2.75, 3.05) is 0 Å². The summed E-state index contributed by atoms with van der Waals surface area (Å²) in [5.74, 6) is 1.22. The van der Waals surface area contributed by atoms with Crippen LogP contribution >= 0.6 is 22.6 Å². The lowest BCUT2D eigenvalue weighted by molar-refractivity contribution is 0.286. The molecule has 0 fully saturated rings. The summed E-state index contributed by atoms with van der Waals surface area (Å²) in [4.78, 5) is 0. The highest BCUT2D eigenvalue weighted by Gasteiger charge is 2.15. The largest absolute Gasteiger partial charge is 0.472 e. The molecule has 0 radical (unpaired) electrons. The molecule has 0 atom stereocenters. The zero-order chi connectivity index (χ0) is 14.7. The first-order chi connectivity index (χ1) is 10.2. The predicted octanol–water partition coefficient (Wildman–Crippen LogP) is 3.62. The Morgan fingerprint density at radius 3 is 2.62 bits per heavy atom. The quantitative estimate of drug-likeness (QED) is 0.634. The number of aryl methyl sites for hydroxylation is 1. The molecule has 0 N–H and O–H groups in total. The van der Waals surface area contributed by atoms with E-state index >= 15 is 0 Å². The maximum Gasteiger partial charge on any atom is 0.233 e. The molecule has 0 saturated carbocycles. The first kappa shape index (κ1) is 14.0. The van der Waals surface area contributed by atoms with E-state index in [2.05, 4.69) is 37.9 Å². The molecular formula is C15H12IN3O2. The molecule has 21 heavy (non-hydrogen) atoms. The minimum atomic E-state index is 0.342. The van der Waals surface area contributed by atoms with Crippen LogP contribution in [0.5, 0.6) is 5.88 Å². The van der Waals surface area contributed by atoms with Gasteiger partial charge >= 0.3 is 0 Å². The van der Waals surface area contributed by atoms with E-state index in [0.717, 1.165) is 26.3 Å². The number of ether oxygens (including phenoxy) is 1. The van der Waals surface area contributed by atoms with E-state index in [0.29, 0.717) is 12.5 Å². The standard InChI is InChI=1S/C15H12IN3O2/c1-10-12(9-20-14-8-7-13(16)17-18-14)15(19-21-10)11-5-3-2-4-6-11/h2-8H,9H2,1H3. The fourth-order valence-electron chi connectivity index (χ4n) is 1.91. The van der Waals surface area contributed by atoms with Gasteiger partial charge in [0.2, 0.25) is 5.88 Å². The second kappa shape index (κ2) is 6.21. The summed E-state index contributed by atoms with van der Waals surface area (Å²) in [6.45, 7) is 2.21. The smallest absolute Gasteiger partial charge is 0.233 e. The lowest BCUT2D eigenvalue weighted by Gasteiger charge is -2.05. The topological polar surface area (TPSA) is 61.0 Å². The normalized spacial score (nSPS) is 10.6. The zero-order valence-electron chi connectivity index (χ0n) is 11.3. The fraction of sp³-hybridized carbons (Fsp3) is 0.133. The van der Waals surface area contributed by atoms with Crippen molar-refractivity contribution in [2.24, 2.45) is 0 Å². The monoisotopic (exact) mass is 393 g/mol. The summed E-state index contributed by atoms with van der Waals surface area (Å²) in [5.41, 5.74) is 2.72. The van der Waals surface area contributed by atoms with Gasteiger partial charge in [-0.25, -0.2) is 0 Å². The number of aromatic nitrogens is 3. The molecule has 3 rings (SSSR count). The molecule has 0 unspecified atom stereocenters. The summed E-state index contributed by atoms with van der Waals surface area (Å²) < 4.78 is 11.8. The lowest BCUT2D eigenvalue weighted by Crippen LogP contribution is -2.00. The van der Waals surface area contributed by atoms with Crippen LogP contribution in [0.15, 0.2) is 47.0 Å². The van der Waals surface area contributed by atoms with Gasteiger partial charge < -0.3 is 9.26 Å². The molecule has 5 nitrogen and oxygen atoms in total. The second-order valence-corrected chi connectivity index (χ2v) is 5.52. The SMILES string of the molecule is Cc1onc(-c2ccccc2)c1COc1ccc(I)nn1. The third-order valence-corrected chi connectivity index (χ3v) is 3.58. The Morgan fingerprint density at radius 2 is 1.90 bits per heavy atom. The second-order valence-electron chi connectivity index (χ2n) is 4.41. The van der Waals surface area contributed by atoms with Crippen molar-refractivity contribution in [1.82, 2.24) is 15.4 Å². The third kappa shape index (κ3) is 3.21. The molecule has 0 aliphatic rings. The van der Waals surface area contributed by atoms with Crippen molar-refractivity contribution in [3.8, 4) is 17.1 Å². The van der Waals surface area contributed by atoms with E-state index in [4.69, 9.17) is 9.26 Å². The van der Waals surface area contributed by atoms with Crippen molar-refractivity contribution in [1.29, 1.82) is 0 Å².